The van der Waals surface area contributed by atoms with Crippen molar-refractivity contribution in [2.45, 2.75) is 64.7 Å². The quantitative estimate of drug-likeness (QED) is 0.121. The molecule has 38 heavy (non-hydrogen) atoms. The summed E-state index contributed by atoms with van der Waals surface area (Å²) < 4.78 is 69.3. The molecule has 0 unspecified atom stereocenters. The van der Waals surface area contributed by atoms with Crippen molar-refractivity contribution >= 4 is 5.97 Å². The van der Waals surface area contributed by atoms with Crippen molar-refractivity contribution in [2.24, 2.45) is 5.92 Å². The minimum Gasteiger partial charge on any atom is -0.490 e. The lowest BCUT2D eigenvalue weighted by molar-refractivity contribution is -0.140. The van der Waals surface area contributed by atoms with Crippen molar-refractivity contribution in [1.29, 1.82) is 0 Å². The summed E-state index contributed by atoms with van der Waals surface area (Å²) in [4.78, 5) is 12.7. The van der Waals surface area contributed by atoms with Gasteiger partial charge in [0.05, 0.1) is 12.5 Å². The first kappa shape index (κ1) is 27.7. The highest BCUT2D eigenvalue weighted by Gasteiger charge is 2.31. The Hall–Kier alpha value is -3.35. The largest absolute Gasteiger partial charge is 0.490 e. The summed E-state index contributed by atoms with van der Waals surface area (Å²) in [5.74, 6) is -6.39. The van der Waals surface area contributed by atoms with Gasteiger partial charge in [0.25, 0.3) is 0 Å². The number of carbonyl (C=O) groups excluding carboxylic acids is 1. The Morgan fingerprint density at radius 2 is 1.45 bits per heavy atom. The van der Waals surface area contributed by atoms with Crippen LogP contribution >= 0.6 is 0 Å². The van der Waals surface area contributed by atoms with E-state index < -0.39 is 40.9 Å². The maximum Gasteiger partial charge on any atom is 0.314 e. The summed E-state index contributed by atoms with van der Waals surface area (Å²) in [6.45, 7) is 4.22. The molecule has 0 N–H and O–H groups in total. The predicted octanol–water partition coefficient (Wildman–Crippen LogP) is 8.67. The van der Waals surface area contributed by atoms with Gasteiger partial charge >= 0.3 is 5.97 Å². The number of hydrogen-bond donors (Lipinski definition) is 0. The fourth-order valence-corrected chi connectivity index (χ4v) is 4.91. The molecule has 1 aliphatic rings. The second-order valence-electron chi connectivity index (χ2n) is 9.91. The highest BCUT2D eigenvalue weighted by molar-refractivity contribution is 5.75. The van der Waals surface area contributed by atoms with Gasteiger partial charge < -0.3 is 9.47 Å². The first-order valence-electron chi connectivity index (χ1n) is 13.2. The van der Waals surface area contributed by atoms with Gasteiger partial charge in [0.2, 0.25) is 11.6 Å². The molecule has 3 aromatic carbocycles. The molecular formula is C31H32F4O3. The van der Waals surface area contributed by atoms with Crippen molar-refractivity contribution in [3.63, 3.8) is 0 Å². The number of ether oxygens (including phenoxy) is 2. The first-order valence-corrected chi connectivity index (χ1v) is 13.2. The first-order chi connectivity index (χ1) is 18.3. The third-order valence-electron chi connectivity index (χ3n) is 7.20. The van der Waals surface area contributed by atoms with Crippen LogP contribution in [0.5, 0.6) is 11.5 Å². The van der Waals surface area contributed by atoms with Crippen LogP contribution in [0.25, 0.3) is 11.1 Å². The van der Waals surface area contributed by atoms with E-state index in [0.717, 1.165) is 24.8 Å². The van der Waals surface area contributed by atoms with Crippen molar-refractivity contribution < 1.29 is 31.8 Å². The summed E-state index contributed by atoms with van der Waals surface area (Å²) in [6.07, 6.45) is 4.25. The van der Waals surface area contributed by atoms with Crippen molar-refractivity contribution in [1.82, 2.24) is 0 Å². The number of esters is 1. The molecule has 7 heteroatoms. The fraction of sp³-hybridized carbons (Fsp3) is 0.387. The molecule has 3 aromatic rings. The molecular weight excluding hydrogens is 496 g/mol. The van der Waals surface area contributed by atoms with Gasteiger partial charge in [-0.15, -0.1) is 0 Å². The molecule has 0 aliphatic heterocycles. The van der Waals surface area contributed by atoms with Crippen LogP contribution in [-0.4, -0.2) is 12.6 Å². The third-order valence-corrected chi connectivity index (χ3v) is 7.20. The zero-order valence-electron chi connectivity index (χ0n) is 21.7. The summed E-state index contributed by atoms with van der Waals surface area (Å²) in [6, 6.07) is 12.8. The number of hydrogen-bond acceptors (Lipinski definition) is 3. The van der Waals surface area contributed by atoms with Gasteiger partial charge in [-0.3, -0.25) is 4.79 Å². The minimum atomic E-state index is -1.27. The molecule has 3 nitrogen and oxygen atoms in total. The van der Waals surface area contributed by atoms with Gasteiger partial charge in [-0.05, 0) is 68.2 Å². The van der Waals surface area contributed by atoms with Gasteiger partial charge in [-0.25, -0.2) is 8.78 Å². The minimum absolute atomic E-state index is 0.204. The maximum absolute atomic E-state index is 15.0. The van der Waals surface area contributed by atoms with Crippen LogP contribution in [0.15, 0.2) is 48.5 Å². The second-order valence-corrected chi connectivity index (χ2v) is 9.91. The van der Waals surface area contributed by atoms with Crippen molar-refractivity contribution in [3.05, 3.63) is 82.9 Å². The van der Waals surface area contributed by atoms with E-state index in [2.05, 4.69) is 0 Å². The third kappa shape index (κ3) is 6.20. The molecule has 0 heterocycles. The fourth-order valence-electron chi connectivity index (χ4n) is 4.91. The van der Waals surface area contributed by atoms with E-state index in [1.807, 2.05) is 26.0 Å². The molecule has 1 saturated carbocycles. The van der Waals surface area contributed by atoms with Gasteiger partial charge in [0.15, 0.2) is 23.1 Å². The summed E-state index contributed by atoms with van der Waals surface area (Å²) in [5, 5.41) is 0. The van der Waals surface area contributed by atoms with Crippen LogP contribution in [0.3, 0.4) is 0 Å². The standard InChI is InChI=1S/C31H32F4O3/c1-3-4-5-18-37-25-16-17-26(30(35)29(25)34)38-31(36)22-12-10-21(11-13-22)24-15-14-23(27(32)28(24)33)20-8-6-19(2)7-9-20/h6-9,14-17,21-22H,3-5,10-13,18H2,1-2H3. The molecule has 0 saturated heterocycles. The molecule has 1 fully saturated rings. The van der Waals surface area contributed by atoms with Crippen LogP contribution in [0, 0.1) is 36.1 Å². The van der Waals surface area contributed by atoms with E-state index in [4.69, 9.17) is 9.47 Å². The summed E-state index contributed by atoms with van der Waals surface area (Å²) >= 11 is 0. The van der Waals surface area contributed by atoms with Crippen LogP contribution < -0.4 is 9.47 Å². The Labute approximate surface area is 220 Å². The van der Waals surface area contributed by atoms with E-state index >= 15 is 4.39 Å². The smallest absolute Gasteiger partial charge is 0.314 e. The van der Waals surface area contributed by atoms with Crippen molar-refractivity contribution in [3.8, 4) is 22.6 Å². The van der Waals surface area contributed by atoms with E-state index in [-0.39, 0.29) is 29.4 Å². The Kier molecular flexibility index (Phi) is 9.08. The topological polar surface area (TPSA) is 35.5 Å². The van der Waals surface area contributed by atoms with Crippen LogP contribution in [-0.2, 0) is 4.79 Å². The number of aryl methyl sites for hydroxylation is 1. The van der Waals surface area contributed by atoms with Crippen LogP contribution in [0.4, 0.5) is 17.6 Å². The zero-order valence-corrected chi connectivity index (χ0v) is 21.7. The van der Waals surface area contributed by atoms with E-state index in [1.165, 1.54) is 12.1 Å². The molecule has 0 aromatic heterocycles. The van der Waals surface area contributed by atoms with Gasteiger partial charge in [-0.2, -0.15) is 8.78 Å². The summed E-state index contributed by atoms with van der Waals surface area (Å²) in [5.41, 5.74) is 2.12. The molecule has 1 aliphatic carbocycles. The average molecular weight is 529 g/mol. The zero-order chi connectivity index (χ0) is 27.2. The number of carbonyl (C=O) groups is 1. The SMILES string of the molecule is CCCCCOc1ccc(OC(=O)C2CCC(c3ccc(-c4ccc(C)cc4)c(F)c3F)CC2)c(F)c1F. The van der Waals surface area contributed by atoms with E-state index in [1.54, 1.807) is 24.3 Å². The normalized spacial score (nSPS) is 17.3. The average Bonchev–Trinajstić information content (AvgIpc) is 2.92. The number of benzene rings is 3. The monoisotopic (exact) mass is 528 g/mol. The van der Waals surface area contributed by atoms with Crippen LogP contribution in [0.1, 0.15) is 68.9 Å². The Morgan fingerprint density at radius 1 is 0.789 bits per heavy atom. The van der Waals surface area contributed by atoms with Gasteiger partial charge in [0, 0.05) is 5.56 Å². The van der Waals surface area contributed by atoms with Gasteiger partial charge in [-0.1, -0.05) is 61.7 Å². The lowest BCUT2D eigenvalue weighted by Crippen LogP contribution is -2.26. The lowest BCUT2D eigenvalue weighted by Gasteiger charge is -2.28. The highest BCUT2D eigenvalue weighted by atomic mass is 19.2. The molecule has 0 spiro atoms. The highest BCUT2D eigenvalue weighted by Crippen LogP contribution is 2.40. The molecule has 0 bridgehead atoms. The Balaban J connectivity index is 1.36. The van der Waals surface area contributed by atoms with E-state index in [0.29, 0.717) is 31.2 Å². The molecule has 0 atom stereocenters. The van der Waals surface area contributed by atoms with Gasteiger partial charge in [0.1, 0.15) is 0 Å². The number of rotatable bonds is 9. The van der Waals surface area contributed by atoms with Crippen molar-refractivity contribution in [2.75, 3.05) is 6.61 Å². The lowest BCUT2D eigenvalue weighted by atomic mass is 9.78. The molecule has 0 radical (unpaired) electrons. The predicted molar refractivity (Wildman–Crippen MR) is 138 cm³/mol. The molecule has 202 valence electrons. The Morgan fingerprint density at radius 3 is 2.13 bits per heavy atom. The van der Waals surface area contributed by atoms with E-state index in [9.17, 15) is 18.0 Å². The maximum atomic E-state index is 15.0. The van der Waals surface area contributed by atoms with Crippen LogP contribution in [0.2, 0.25) is 0 Å². The summed E-state index contributed by atoms with van der Waals surface area (Å²) in [7, 11) is 0. The number of unbranched alkanes of at least 4 members (excludes halogenated alkanes) is 2. The Bertz CT molecular complexity index is 1270. The molecule has 4 rings (SSSR count). The second kappa shape index (κ2) is 12.5. The molecule has 0 amide bonds. The number of halogens is 4.